The van der Waals surface area contributed by atoms with Crippen molar-refractivity contribution in [3.05, 3.63) is 107 Å². The number of nitrogens with one attached hydrogen (secondary N) is 1. The second-order valence-electron chi connectivity index (χ2n) is 9.52. The molecule has 0 atom stereocenters. The van der Waals surface area contributed by atoms with Gasteiger partial charge < -0.3 is 9.88 Å². The Labute approximate surface area is 202 Å². The lowest BCUT2D eigenvalue weighted by Gasteiger charge is -2.31. The zero-order valence-electron chi connectivity index (χ0n) is 19.9. The molecule has 1 fully saturated rings. The third-order valence-electron chi connectivity index (χ3n) is 7.01. The van der Waals surface area contributed by atoms with Crippen LogP contribution in [0.2, 0.25) is 0 Å². The minimum Gasteiger partial charge on any atom is -0.352 e. The van der Waals surface area contributed by atoms with Crippen LogP contribution in [0, 0.1) is 12.8 Å². The number of carbonyl (C=O) groups excluding carboxylic acids is 1. The van der Waals surface area contributed by atoms with Crippen LogP contribution < -0.4 is 5.32 Å². The molecule has 3 aromatic carbocycles. The largest absolute Gasteiger partial charge is 0.352 e. The van der Waals surface area contributed by atoms with Gasteiger partial charge in [0.1, 0.15) is 0 Å². The number of hydrogen-bond acceptors (Lipinski definition) is 2. The molecule has 34 heavy (non-hydrogen) atoms. The zero-order chi connectivity index (χ0) is 23.3. The van der Waals surface area contributed by atoms with Gasteiger partial charge in [-0.05, 0) is 61.5 Å². The standard InChI is InChI=1S/C30H33N3O/c1-23-11-13-25(14-12-23)21-33-28(19-27-9-5-6-10-29(27)33)22-32-17-15-26(16-18-32)30(34)31-20-24-7-3-2-4-8-24/h2-14,19,26H,15-18,20-22H2,1H3,(H,31,34). The molecular formula is C30H33N3O. The first-order valence-corrected chi connectivity index (χ1v) is 12.3. The van der Waals surface area contributed by atoms with Crippen LogP contribution in [-0.2, 0) is 24.4 Å². The first kappa shape index (κ1) is 22.4. The number of hydrogen-bond donors (Lipinski definition) is 1. The van der Waals surface area contributed by atoms with E-state index >= 15 is 0 Å². The van der Waals surface area contributed by atoms with Crippen LogP contribution in [0.1, 0.15) is 35.2 Å². The number of likely N-dealkylation sites (tertiary alicyclic amines) is 1. The third-order valence-corrected chi connectivity index (χ3v) is 7.01. The lowest BCUT2D eigenvalue weighted by atomic mass is 9.95. The fourth-order valence-corrected chi connectivity index (χ4v) is 4.97. The van der Waals surface area contributed by atoms with Gasteiger partial charge in [-0.3, -0.25) is 9.69 Å². The Bertz CT molecular complexity index is 1240. The molecule has 4 nitrogen and oxygen atoms in total. The average Bonchev–Trinajstić information content (AvgIpc) is 3.21. The summed E-state index contributed by atoms with van der Waals surface area (Å²) in [6.07, 6.45) is 1.83. The van der Waals surface area contributed by atoms with Gasteiger partial charge in [0, 0.05) is 36.8 Å². The molecule has 0 unspecified atom stereocenters. The Hall–Kier alpha value is -3.37. The Morgan fingerprint density at radius 1 is 0.853 bits per heavy atom. The molecule has 0 spiro atoms. The molecule has 1 N–H and O–H groups in total. The number of para-hydroxylation sites is 1. The molecule has 1 saturated heterocycles. The Morgan fingerprint density at radius 2 is 1.56 bits per heavy atom. The number of rotatable bonds is 7. The first-order chi connectivity index (χ1) is 16.7. The molecule has 4 heteroatoms. The fraction of sp³-hybridized carbons (Fsp3) is 0.300. The van der Waals surface area contributed by atoms with Crippen LogP contribution in [0.4, 0.5) is 0 Å². The molecule has 5 rings (SSSR count). The number of aromatic nitrogens is 1. The van der Waals surface area contributed by atoms with Gasteiger partial charge in [-0.25, -0.2) is 0 Å². The molecule has 0 bridgehead atoms. The van der Waals surface area contributed by atoms with E-state index in [9.17, 15) is 4.79 Å². The quantitative estimate of drug-likeness (QED) is 0.401. The average molecular weight is 452 g/mol. The van der Waals surface area contributed by atoms with E-state index < -0.39 is 0 Å². The summed E-state index contributed by atoms with van der Waals surface area (Å²) in [5, 5.41) is 4.42. The van der Waals surface area contributed by atoms with Gasteiger partial charge in [0.15, 0.2) is 0 Å². The monoisotopic (exact) mass is 451 g/mol. The smallest absolute Gasteiger partial charge is 0.223 e. The second-order valence-corrected chi connectivity index (χ2v) is 9.52. The van der Waals surface area contributed by atoms with Crippen molar-refractivity contribution in [1.82, 2.24) is 14.8 Å². The van der Waals surface area contributed by atoms with E-state index in [2.05, 4.69) is 88.4 Å². The SMILES string of the molecule is Cc1ccc(Cn2c(CN3CCC(C(=O)NCc4ccccc4)CC3)cc3ccccc32)cc1. The van der Waals surface area contributed by atoms with Gasteiger partial charge in [0.25, 0.3) is 0 Å². The van der Waals surface area contributed by atoms with E-state index in [1.165, 1.54) is 27.7 Å². The van der Waals surface area contributed by atoms with Crippen molar-refractivity contribution in [2.24, 2.45) is 5.92 Å². The van der Waals surface area contributed by atoms with Crippen molar-refractivity contribution >= 4 is 16.8 Å². The minimum atomic E-state index is 0.110. The van der Waals surface area contributed by atoms with Gasteiger partial charge in [0.2, 0.25) is 5.91 Å². The van der Waals surface area contributed by atoms with Crippen LogP contribution in [0.3, 0.4) is 0 Å². The van der Waals surface area contributed by atoms with Crippen LogP contribution >= 0.6 is 0 Å². The summed E-state index contributed by atoms with van der Waals surface area (Å²) in [7, 11) is 0. The van der Waals surface area contributed by atoms with Gasteiger partial charge in [0.05, 0.1) is 0 Å². The van der Waals surface area contributed by atoms with Crippen molar-refractivity contribution in [2.75, 3.05) is 13.1 Å². The van der Waals surface area contributed by atoms with Gasteiger partial charge in [-0.15, -0.1) is 0 Å². The molecule has 174 valence electrons. The van der Waals surface area contributed by atoms with E-state index in [-0.39, 0.29) is 11.8 Å². The van der Waals surface area contributed by atoms with Crippen molar-refractivity contribution in [2.45, 2.75) is 39.4 Å². The normalized spacial score (nSPS) is 15.0. The lowest BCUT2D eigenvalue weighted by Crippen LogP contribution is -2.40. The summed E-state index contributed by atoms with van der Waals surface area (Å²) in [4.78, 5) is 15.2. The number of piperidine rings is 1. The van der Waals surface area contributed by atoms with E-state index in [0.717, 1.165) is 44.6 Å². The second kappa shape index (κ2) is 10.3. The topological polar surface area (TPSA) is 37.3 Å². The van der Waals surface area contributed by atoms with Gasteiger partial charge in [-0.2, -0.15) is 0 Å². The predicted octanol–water partition coefficient (Wildman–Crippen LogP) is 5.53. The fourth-order valence-electron chi connectivity index (χ4n) is 4.97. The molecule has 0 radical (unpaired) electrons. The number of fused-ring (bicyclic) bond motifs is 1. The Morgan fingerprint density at radius 3 is 2.32 bits per heavy atom. The highest BCUT2D eigenvalue weighted by Crippen LogP contribution is 2.25. The molecular weight excluding hydrogens is 418 g/mol. The van der Waals surface area contributed by atoms with E-state index in [0.29, 0.717) is 6.54 Å². The van der Waals surface area contributed by atoms with E-state index in [4.69, 9.17) is 0 Å². The number of aryl methyl sites for hydroxylation is 1. The molecule has 1 amide bonds. The van der Waals surface area contributed by atoms with E-state index in [1.807, 2.05) is 18.2 Å². The lowest BCUT2D eigenvalue weighted by molar-refractivity contribution is -0.126. The predicted molar refractivity (Wildman–Crippen MR) is 139 cm³/mol. The van der Waals surface area contributed by atoms with Crippen LogP contribution in [0.25, 0.3) is 10.9 Å². The van der Waals surface area contributed by atoms with Crippen molar-refractivity contribution < 1.29 is 4.79 Å². The summed E-state index contributed by atoms with van der Waals surface area (Å²) >= 11 is 0. The molecule has 4 aromatic rings. The van der Waals surface area contributed by atoms with Crippen LogP contribution in [0.15, 0.2) is 84.9 Å². The number of nitrogens with zero attached hydrogens (tertiary/aromatic N) is 2. The maximum absolute atomic E-state index is 12.7. The van der Waals surface area contributed by atoms with Crippen molar-refractivity contribution in [3.63, 3.8) is 0 Å². The van der Waals surface area contributed by atoms with Crippen LogP contribution in [-0.4, -0.2) is 28.5 Å². The van der Waals surface area contributed by atoms with Crippen molar-refractivity contribution in [1.29, 1.82) is 0 Å². The molecule has 1 aromatic heterocycles. The molecule has 1 aliphatic heterocycles. The summed E-state index contributed by atoms with van der Waals surface area (Å²) in [5.41, 5.74) is 6.38. The van der Waals surface area contributed by atoms with Gasteiger partial charge in [-0.1, -0.05) is 78.4 Å². The Balaban J connectivity index is 1.23. The van der Waals surface area contributed by atoms with Crippen molar-refractivity contribution in [3.8, 4) is 0 Å². The summed E-state index contributed by atoms with van der Waals surface area (Å²) in [6, 6.07) is 30.0. The molecule has 0 aliphatic carbocycles. The summed E-state index contributed by atoms with van der Waals surface area (Å²) < 4.78 is 2.46. The highest BCUT2D eigenvalue weighted by Gasteiger charge is 2.25. The number of benzene rings is 3. The number of carbonyl (C=O) groups is 1. The third kappa shape index (κ3) is 5.23. The highest BCUT2D eigenvalue weighted by atomic mass is 16.1. The zero-order valence-corrected chi connectivity index (χ0v) is 19.9. The summed E-state index contributed by atoms with van der Waals surface area (Å²) in [5.74, 6) is 0.301. The maximum atomic E-state index is 12.7. The Kier molecular flexibility index (Phi) is 6.77. The molecule has 1 aliphatic rings. The highest BCUT2D eigenvalue weighted by molar-refractivity contribution is 5.81. The number of amides is 1. The van der Waals surface area contributed by atoms with E-state index in [1.54, 1.807) is 0 Å². The first-order valence-electron chi connectivity index (χ1n) is 12.3. The molecule has 2 heterocycles. The minimum absolute atomic E-state index is 0.110. The molecule has 0 saturated carbocycles. The van der Waals surface area contributed by atoms with Crippen LogP contribution in [0.5, 0.6) is 0 Å². The maximum Gasteiger partial charge on any atom is 0.223 e. The summed E-state index contributed by atoms with van der Waals surface area (Å²) in [6.45, 7) is 6.44. The van der Waals surface area contributed by atoms with Gasteiger partial charge >= 0.3 is 0 Å².